The highest BCUT2D eigenvalue weighted by atomic mass is 16.5. The quantitative estimate of drug-likeness (QED) is 0.920. The Balaban J connectivity index is 1.72. The predicted octanol–water partition coefficient (Wildman–Crippen LogP) is 1.67. The van der Waals surface area contributed by atoms with Gasteiger partial charge in [0.1, 0.15) is 0 Å². The molecule has 120 valence electrons. The molecule has 1 aromatic rings. The first-order chi connectivity index (χ1) is 10.8. The molecule has 6 heteroatoms. The monoisotopic (exact) mass is 305 g/mol. The molecule has 2 aliphatic rings. The minimum absolute atomic E-state index is 0.0229. The molecule has 0 saturated carbocycles. The lowest BCUT2D eigenvalue weighted by molar-refractivity contribution is -0.127. The van der Waals surface area contributed by atoms with Crippen LogP contribution in [0.25, 0.3) is 0 Å². The van der Waals surface area contributed by atoms with Gasteiger partial charge in [0.15, 0.2) is 5.82 Å². The van der Waals surface area contributed by atoms with E-state index in [1.807, 2.05) is 19.1 Å². The molecule has 22 heavy (non-hydrogen) atoms. The number of aromatic nitrogens is 1. The van der Waals surface area contributed by atoms with Crippen LogP contribution < -0.4 is 10.2 Å². The molecular weight excluding hydrogens is 282 g/mol. The highest BCUT2D eigenvalue weighted by Crippen LogP contribution is 2.27. The van der Waals surface area contributed by atoms with Gasteiger partial charge in [-0.3, -0.25) is 4.79 Å². The normalized spacial score (nSPS) is 25.8. The molecule has 1 N–H and O–H groups in total. The van der Waals surface area contributed by atoms with Gasteiger partial charge in [-0.05, 0) is 31.9 Å². The third kappa shape index (κ3) is 3.39. The molecule has 3 heterocycles. The number of pyridine rings is 1. The third-order valence-electron chi connectivity index (χ3n) is 4.30. The molecule has 0 aromatic carbocycles. The molecule has 1 amide bonds. The van der Waals surface area contributed by atoms with Crippen molar-refractivity contribution in [3.63, 3.8) is 0 Å². The van der Waals surface area contributed by atoms with Crippen molar-refractivity contribution in [1.82, 2.24) is 4.98 Å². The molecule has 2 unspecified atom stereocenters. The number of hydrogen-bond acceptors (Lipinski definition) is 5. The standard InChI is InChI=1S/C16H23N3O3/c1-12-13(4-3-9-22-12)16(20)18-14-5-2-6-17-15(14)19-7-10-21-11-8-19/h2,5-6,12-13H,3-4,7-11H2,1H3,(H,18,20). The minimum atomic E-state index is -0.0912. The Morgan fingerprint density at radius 3 is 2.95 bits per heavy atom. The SMILES string of the molecule is CC1OCCCC1C(=O)Nc1cccnc1N1CCOCC1. The number of carbonyl (C=O) groups excluding carboxylic acids is 1. The molecule has 3 rings (SSSR count). The molecule has 0 radical (unpaired) electrons. The first-order valence-electron chi connectivity index (χ1n) is 7.96. The molecule has 2 aliphatic heterocycles. The van der Waals surface area contributed by atoms with Crippen molar-refractivity contribution < 1.29 is 14.3 Å². The lowest BCUT2D eigenvalue weighted by Gasteiger charge is -2.31. The number of hydrogen-bond donors (Lipinski definition) is 1. The second-order valence-electron chi connectivity index (χ2n) is 5.79. The van der Waals surface area contributed by atoms with Crippen molar-refractivity contribution in [2.75, 3.05) is 43.1 Å². The maximum atomic E-state index is 12.6. The van der Waals surface area contributed by atoms with Crippen LogP contribution in [-0.2, 0) is 14.3 Å². The second-order valence-corrected chi connectivity index (χ2v) is 5.79. The predicted molar refractivity (Wildman–Crippen MR) is 84.0 cm³/mol. The van der Waals surface area contributed by atoms with E-state index >= 15 is 0 Å². The van der Waals surface area contributed by atoms with Gasteiger partial charge in [-0.25, -0.2) is 4.98 Å². The number of carbonyl (C=O) groups is 1. The molecule has 2 saturated heterocycles. The summed E-state index contributed by atoms with van der Waals surface area (Å²) in [6, 6.07) is 3.75. The highest BCUT2D eigenvalue weighted by molar-refractivity contribution is 5.95. The Hall–Kier alpha value is -1.66. The topological polar surface area (TPSA) is 63.7 Å². The number of nitrogens with one attached hydrogen (secondary N) is 1. The Kier molecular flexibility index (Phi) is 4.90. The summed E-state index contributed by atoms with van der Waals surface area (Å²) in [5, 5.41) is 3.04. The number of morpholine rings is 1. The van der Waals surface area contributed by atoms with Crippen LogP contribution in [0, 0.1) is 5.92 Å². The van der Waals surface area contributed by atoms with Crippen LogP contribution in [-0.4, -0.2) is 49.9 Å². The van der Waals surface area contributed by atoms with Gasteiger partial charge in [-0.2, -0.15) is 0 Å². The van der Waals surface area contributed by atoms with Gasteiger partial charge < -0.3 is 19.7 Å². The van der Waals surface area contributed by atoms with E-state index in [4.69, 9.17) is 9.47 Å². The Morgan fingerprint density at radius 2 is 2.18 bits per heavy atom. The van der Waals surface area contributed by atoms with E-state index in [1.165, 1.54) is 0 Å². The summed E-state index contributed by atoms with van der Waals surface area (Å²) < 4.78 is 11.0. The van der Waals surface area contributed by atoms with Crippen LogP contribution in [0.3, 0.4) is 0 Å². The minimum Gasteiger partial charge on any atom is -0.378 e. The highest BCUT2D eigenvalue weighted by Gasteiger charge is 2.29. The van der Waals surface area contributed by atoms with Crippen molar-refractivity contribution in [2.45, 2.75) is 25.9 Å². The summed E-state index contributed by atoms with van der Waals surface area (Å²) in [6.45, 7) is 5.69. The lowest BCUT2D eigenvalue weighted by atomic mass is 9.94. The summed E-state index contributed by atoms with van der Waals surface area (Å²) in [5.41, 5.74) is 0.771. The van der Waals surface area contributed by atoms with Crippen LogP contribution in [0.15, 0.2) is 18.3 Å². The van der Waals surface area contributed by atoms with Gasteiger partial charge >= 0.3 is 0 Å². The van der Waals surface area contributed by atoms with E-state index in [0.29, 0.717) is 13.2 Å². The van der Waals surface area contributed by atoms with Crippen molar-refractivity contribution in [1.29, 1.82) is 0 Å². The Bertz CT molecular complexity index is 517. The maximum Gasteiger partial charge on any atom is 0.230 e. The molecular formula is C16H23N3O3. The van der Waals surface area contributed by atoms with Gasteiger partial charge in [-0.15, -0.1) is 0 Å². The van der Waals surface area contributed by atoms with Gasteiger partial charge in [0.05, 0.1) is 30.9 Å². The average Bonchev–Trinajstić information content (AvgIpc) is 2.56. The van der Waals surface area contributed by atoms with Gasteiger partial charge in [0.2, 0.25) is 5.91 Å². The molecule has 0 aliphatic carbocycles. The van der Waals surface area contributed by atoms with Crippen molar-refractivity contribution in [3.05, 3.63) is 18.3 Å². The van der Waals surface area contributed by atoms with Gasteiger partial charge in [0, 0.05) is 25.9 Å². The third-order valence-corrected chi connectivity index (χ3v) is 4.30. The fourth-order valence-corrected chi connectivity index (χ4v) is 3.01. The van der Waals surface area contributed by atoms with Crippen molar-refractivity contribution in [2.24, 2.45) is 5.92 Å². The Morgan fingerprint density at radius 1 is 1.36 bits per heavy atom. The van der Waals surface area contributed by atoms with E-state index in [1.54, 1.807) is 6.20 Å². The number of rotatable bonds is 3. The van der Waals surface area contributed by atoms with E-state index in [2.05, 4.69) is 15.2 Å². The van der Waals surface area contributed by atoms with Crippen LogP contribution in [0.2, 0.25) is 0 Å². The van der Waals surface area contributed by atoms with Crippen LogP contribution in [0.4, 0.5) is 11.5 Å². The van der Waals surface area contributed by atoms with E-state index in [0.717, 1.165) is 44.0 Å². The fraction of sp³-hybridized carbons (Fsp3) is 0.625. The maximum absolute atomic E-state index is 12.6. The fourth-order valence-electron chi connectivity index (χ4n) is 3.01. The van der Waals surface area contributed by atoms with Crippen molar-refractivity contribution in [3.8, 4) is 0 Å². The zero-order valence-corrected chi connectivity index (χ0v) is 13.0. The second kappa shape index (κ2) is 7.07. The first-order valence-corrected chi connectivity index (χ1v) is 7.96. The zero-order valence-electron chi connectivity index (χ0n) is 13.0. The summed E-state index contributed by atoms with van der Waals surface area (Å²) in [4.78, 5) is 19.1. The van der Waals surface area contributed by atoms with Crippen LogP contribution >= 0.6 is 0 Å². The molecule has 2 fully saturated rings. The van der Waals surface area contributed by atoms with Gasteiger partial charge in [0.25, 0.3) is 0 Å². The number of amides is 1. The molecule has 2 atom stereocenters. The zero-order chi connectivity index (χ0) is 15.4. The molecule has 6 nitrogen and oxygen atoms in total. The Labute approximate surface area is 130 Å². The number of ether oxygens (including phenoxy) is 2. The smallest absolute Gasteiger partial charge is 0.230 e. The molecule has 1 aromatic heterocycles. The van der Waals surface area contributed by atoms with E-state index < -0.39 is 0 Å². The summed E-state index contributed by atoms with van der Waals surface area (Å²) in [6.07, 6.45) is 3.54. The van der Waals surface area contributed by atoms with Crippen LogP contribution in [0.5, 0.6) is 0 Å². The van der Waals surface area contributed by atoms with E-state index in [-0.39, 0.29) is 17.9 Å². The summed E-state index contributed by atoms with van der Waals surface area (Å²) >= 11 is 0. The summed E-state index contributed by atoms with van der Waals surface area (Å²) in [7, 11) is 0. The molecule has 0 bridgehead atoms. The number of anilines is 2. The van der Waals surface area contributed by atoms with E-state index in [9.17, 15) is 4.79 Å². The lowest BCUT2D eigenvalue weighted by Crippen LogP contribution is -2.39. The first kappa shape index (κ1) is 15.2. The van der Waals surface area contributed by atoms with Gasteiger partial charge in [-0.1, -0.05) is 0 Å². The van der Waals surface area contributed by atoms with Crippen molar-refractivity contribution >= 4 is 17.4 Å². The molecule has 0 spiro atoms. The van der Waals surface area contributed by atoms with Crippen LogP contribution in [0.1, 0.15) is 19.8 Å². The summed E-state index contributed by atoms with van der Waals surface area (Å²) in [5.74, 6) is 0.754. The number of nitrogens with zero attached hydrogens (tertiary/aromatic N) is 2. The average molecular weight is 305 g/mol. The largest absolute Gasteiger partial charge is 0.378 e.